The largest absolute Gasteiger partial charge is 0.410 e. The van der Waals surface area contributed by atoms with Crippen molar-refractivity contribution >= 4 is 40.1 Å². The molecule has 16 heteroatoms. The van der Waals surface area contributed by atoms with Crippen LogP contribution in [0, 0.1) is 6.92 Å². The third-order valence-electron chi connectivity index (χ3n) is 7.43. The molecule has 1 unspecified atom stereocenters. The van der Waals surface area contributed by atoms with Crippen molar-refractivity contribution in [3.8, 4) is 0 Å². The number of amides is 3. The van der Waals surface area contributed by atoms with Gasteiger partial charge in [-0.3, -0.25) is 33.7 Å². The minimum absolute atomic E-state index is 0.0154. The molecule has 218 valence electrons. The molecule has 42 heavy (non-hydrogen) atoms. The number of benzene rings is 1. The zero-order chi connectivity index (χ0) is 29.9. The summed E-state index contributed by atoms with van der Waals surface area (Å²) in [5.74, 6) is -1.64. The van der Waals surface area contributed by atoms with Crippen LogP contribution in [0.2, 0.25) is 0 Å². The minimum atomic E-state index is -4.63. The SMILES string of the molecule is Cc1nc2c(NC(=O)c3cc4n(n3)[C@@H](C(F)(F)F)C[C@@H](c3cnn(C)c3)N4)cccc2c(=O)n1C1CCC(=O)NC1=O. The Hall–Kier alpha value is -5.02. The van der Waals surface area contributed by atoms with E-state index in [1.165, 1.54) is 46.6 Å². The van der Waals surface area contributed by atoms with E-state index in [9.17, 15) is 32.3 Å². The van der Waals surface area contributed by atoms with Crippen LogP contribution in [0.1, 0.15) is 59.3 Å². The first kappa shape index (κ1) is 27.2. The number of rotatable bonds is 4. The zero-order valence-corrected chi connectivity index (χ0v) is 22.3. The van der Waals surface area contributed by atoms with Crippen molar-refractivity contribution in [2.45, 2.75) is 50.5 Å². The smallest absolute Gasteiger partial charge is 0.363 e. The van der Waals surface area contributed by atoms with Crippen molar-refractivity contribution in [1.82, 2.24) is 34.4 Å². The molecule has 2 aliphatic rings. The van der Waals surface area contributed by atoms with E-state index in [1.54, 1.807) is 13.2 Å². The molecule has 1 saturated heterocycles. The molecule has 3 amide bonds. The van der Waals surface area contributed by atoms with Crippen LogP contribution >= 0.6 is 0 Å². The fraction of sp³-hybridized carbons (Fsp3) is 0.346. The van der Waals surface area contributed by atoms with Gasteiger partial charge in [0.2, 0.25) is 11.8 Å². The van der Waals surface area contributed by atoms with Crippen LogP contribution in [0.25, 0.3) is 10.9 Å². The molecule has 1 aromatic carbocycles. The first-order valence-corrected chi connectivity index (χ1v) is 13.0. The van der Waals surface area contributed by atoms with E-state index in [0.29, 0.717) is 5.56 Å². The molecule has 0 spiro atoms. The Balaban J connectivity index is 1.32. The lowest BCUT2D eigenvalue weighted by Crippen LogP contribution is -2.45. The monoisotopic (exact) mass is 583 g/mol. The third-order valence-corrected chi connectivity index (χ3v) is 7.43. The molecule has 5 heterocycles. The van der Waals surface area contributed by atoms with Crippen LogP contribution < -0.4 is 21.5 Å². The maximum absolute atomic E-state index is 14.0. The van der Waals surface area contributed by atoms with E-state index >= 15 is 0 Å². The van der Waals surface area contributed by atoms with E-state index in [2.05, 4.69) is 31.1 Å². The van der Waals surface area contributed by atoms with Crippen LogP contribution in [0.4, 0.5) is 24.7 Å². The van der Waals surface area contributed by atoms with Crippen molar-refractivity contribution in [2.24, 2.45) is 7.05 Å². The number of piperidine rings is 1. The van der Waals surface area contributed by atoms with Crippen LogP contribution in [-0.4, -0.2) is 53.0 Å². The van der Waals surface area contributed by atoms with Crippen LogP contribution in [0.15, 0.2) is 41.5 Å². The summed E-state index contributed by atoms with van der Waals surface area (Å²) in [4.78, 5) is 55.1. The highest BCUT2D eigenvalue weighted by Gasteiger charge is 2.47. The molecule has 0 saturated carbocycles. The lowest BCUT2D eigenvalue weighted by molar-refractivity contribution is -0.173. The molecule has 0 radical (unpaired) electrons. The highest BCUT2D eigenvalue weighted by molar-refractivity contribution is 6.07. The molecule has 3 aromatic heterocycles. The second-order valence-corrected chi connectivity index (χ2v) is 10.3. The number of carbonyl (C=O) groups is 3. The number of para-hydroxylation sites is 1. The number of anilines is 2. The first-order chi connectivity index (χ1) is 19.9. The van der Waals surface area contributed by atoms with Gasteiger partial charge in [-0.25, -0.2) is 9.67 Å². The molecule has 6 rings (SSSR count). The van der Waals surface area contributed by atoms with Gasteiger partial charge in [0.1, 0.15) is 23.2 Å². The van der Waals surface area contributed by atoms with Gasteiger partial charge in [0.25, 0.3) is 11.5 Å². The predicted molar refractivity (Wildman–Crippen MR) is 142 cm³/mol. The Bertz CT molecular complexity index is 1820. The number of aromatic nitrogens is 6. The van der Waals surface area contributed by atoms with Gasteiger partial charge in [-0.05, 0) is 25.5 Å². The van der Waals surface area contributed by atoms with Gasteiger partial charge < -0.3 is 10.6 Å². The minimum Gasteiger partial charge on any atom is -0.363 e. The van der Waals surface area contributed by atoms with Crippen molar-refractivity contribution in [2.75, 3.05) is 10.6 Å². The second-order valence-electron chi connectivity index (χ2n) is 10.3. The van der Waals surface area contributed by atoms with E-state index in [-0.39, 0.29) is 53.2 Å². The van der Waals surface area contributed by atoms with Crippen LogP contribution in [-0.2, 0) is 16.6 Å². The normalized spacial score (nSPS) is 20.6. The van der Waals surface area contributed by atoms with Crippen LogP contribution in [0.3, 0.4) is 0 Å². The molecule has 13 nitrogen and oxygen atoms in total. The maximum Gasteiger partial charge on any atom is 0.410 e. The summed E-state index contributed by atoms with van der Waals surface area (Å²) in [6.07, 6.45) is -1.68. The van der Waals surface area contributed by atoms with Gasteiger partial charge >= 0.3 is 6.18 Å². The topological polar surface area (TPSA) is 158 Å². The lowest BCUT2D eigenvalue weighted by atomic mass is 9.99. The van der Waals surface area contributed by atoms with Gasteiger partial charge in [0.05, 0.1) is 23.3 Å². The number of fused-ring (bicyclic) bond motifs is 2. The van der Waals surface area contributed by atoms with E-state index in [4.69, 9.17) is 0 Å². The Morgan fingerprint density at radius 2 is 1.98 bits per heavy atom. The van der Waals surface area contributed by atoms with E-state index in [0.717, 1.165) is 4.68 Å². The summed E-state index contributed by atoms with van der Waals surface area (Å²) in [7, 11) is 1.66. The Morgan fingerprint density at radius 1 is 1.19 bits per heavy atom. The number of nitrogens with zero attached hydrogens (tertiary/aromatic N) is 6. The molecular weight excluding hydrogens is 559 g/mol. The van der Waals surface area contributed by atoms with Crippen molar-refractivity contribution in [3.63, 3.8) is 0 Å². The Labute approximate surface area is 234 Å². The lowest BCUT2D eigenvalue weighted by Gasteiger charge is -2.32. The standard InChI is InChI=1S/C26H24F3N9O4/c1-12-31-22-14(25(42)37(12)18-6-7-21(39)34-24(18)41)4-3-5-15(22)33-23(40)17-9-20-32-16(13-10-30-36(2)11-13)8-19(26(27,28)29)38(20)35-17/h3-5,9-11,16,18-19,32H,6-8H2,1-2H3,(H,33,40)(H,34,39,41)/t16-,18?,19+/m0/s1. The molecule has 0 bridgehead atoms. The van der Waals surface area contributed by atoms with E-state index < -0.39 is 47.6 Å². The summed E-state index contributed by atoms with van der Waals surface area (Å²) in [5.41, 5.74) is 0.00485. The highest BCUT2D eigenvalue weighted by atomic mass is 19.4. The second kappa shape index (κ2) is 9.81. The van der Waals surface area contributed by atoms with Crippen molar-refractivity contribution < 1.29 is 27.6 Å². The van der Waals surface area contributed by atoms with Gasteiger partial charge in [0, 0.05) is 37.7 Å². The molecule has 3 atom stereocenters. The van der Waals surface area contributed by atoms with Crippen molar-refractivity contribution in [1.29, 1.82) is 0 Å². The summed E-state index contributed by atoms with van der Waals surface area (Å²) in [5, 5.41) is 16.0. The fourth-order valence-corrected chi connectivity index (χ4v) is 5.43. The van der Waals surface area contributed by atoms with Gasteiger partial charge in [-0.1, -0.05) is 6.07 Å². The van der Waals surface area contributed by atoms with E-state index in [1.807, 2.05) is 0 Å². The summed E-state index contributed by atoms with van der Waals surface area (Å²) in [6, 6.07) is 2.10. The highest BCUT2D eigenvalue weighted by Crippen LogP contribution is 2.43. The fourth-order valence-electron chi connectivity index (χ4n) is 5.43. The molecule has 0 aliphatic carbocycles. The van der Waals surface area contributed by atoms with Gasteiger partial charge in [0.15, 0.2) is 11.7 Å². The number of alkyl halides is 3. The number of hydrogen-bond acceptors (Lipinski definition) is 8. The molecule has 1 fully saturated rings. The number of halogens is 3. The van der Waals surface area contributed by atoms with Gasteiger partial charge in [-0.2, -0.15) is 23.4 Å². The third kappa shape index (κ3) is 4.67. The number of imide groups is 1. The average Bonchev–Trinajstić information content (AvgIpc) is 3.55. The summed E-state index contributed by atoms with van der Waals surface area (Å²) in [6.45, 7) is 1.52. The van der Waals surface area contributed by atoms with Gasteiger partial charge in [-0.15, -0.1) is 0 Å². The zero-order valence-electron chi connectivity index (χ0n) is 22.3. The maximum atomic E-state index is 14.0. The molecule has 2 aliphatic heterocycles. The number of carbonyl (C=O) groups excluding carboxylic acids is 3. The summed E-state index contributed by atoms with van der Waals surface area (Å²) >= 11 is 0. The van der Waals surface area contributed by atoms with Crippen molar-refractivity contribution in [3.05, 3.63) is 64.1 Å². The molecule has 4 aromatic rings. The number of hydrogen-bond donors (Lipinski definition) is 3. The van der Waals surface area contributed by atoms with Crippen LogP contribution in [0.5, 0.6) is 0 Å². The predicted octanol–water partition coefficient (Wildman–Crippen LogP) is 2.53. The summed E-state index contributed by atoms with van der Waals surface area (Å²) < 4.78 is 45.6. The Morgan fingerprint density at radius 3 is 2.67 bits per heavy atom. The molecular formula is C26H24F3N9O4. The quantitative estimate of drug-likeness (QED) is 0.309. The number of aryl methyl sites for hydroxylation is 2. The number of nitrogens with one attached hydrogen (secondary N) is 3. The Kier molecular flexibility index (Phi) is 6.35. The molecule has 3 N–H and O–H groups in total. The average molecular weight is 584 g/mol. The first-order valence-electron chi connectivity index (χ1n) is 13.0.